The fourth-order valence-corrected chi connectivity index (χ4v) is 2.98. The van der Waals surface area contributed by atoms with E-state index in [-0.39, 0.29) is 11.3 Å². The molecular formula is C6H12ClNO2S. The Balaban J connectivity index is 2.63. The number of halogens is 1. The lowest BCUT2D eigenvalue weighted by Gasteiger charge is -2.21. The van der Waals surface area contributed by atoms with Crippen LogP contribution in [0.4, 0.5) is 0 Å². The quantitative estimate of drug-likeness (QED) is 0.624. The molecule has 0 radical (unpaired) electrons. The minimum Gasteiger partial charge on any atom is -0.303 e. The third kappa shape index (κ3) is 2.32. The van der Waals surface area contributed by atoms with Crippen LogP contribution in [0.25, 0.3) is 0 Å². The van der Waals surface area contributed by atoms with Gasteiger partial charge in [0.05, 0.1) is 5.75 Å². The van der Waals surface area contributed by atoms with Crippen LogP contribution >= 0.6 is 10.7 Å². The minimum absolute atomic E-state index is 0.0779. The van der Waals surface area contributed by atoms with Gasteiger partial charge in [-0.05, 0) is 26.9 Å². The average Bonchev–Trinajstić information content (AvgIpc) is 2.43. The highest BCUT2D eigenvalue weighted by atomic mass is 35.7. The van der Waals surface area contributed by atoms with Gasteiger partial charge < -0.3 is 4.90 Å². The van der Waals surface area contributed by atoms with Crippen LogP contribution in [0.1, 0.15) is 12.8 Å². The molecule has 11 heavy (non-hydrogen) atoms. The van der Waals surface area contributed by atoms with Crippen molar-refractivity contribution in [3.8, 4) is 0 Å². The Morgan fingerprint density at radius 1 is 1.45 bits per heavy atom. The second-order valence-corrected chi connectivity index (χ2v) is 6.08. The summed E-state index contributed by atoms with van der Waals surface area (Å²) in [7, 11) is 5.58. The van der Waals surface area contributed by atoms with Crippen molar-refractivity contribution in [3.05, 3.63) is 0 Å². The molecule has 0 aromatic rings. The van der Waals surface area contributed by atoms with Gasteiger partial charge in [0, 0.05) is 16.2 Å². The second kappa shape index (κ2) is 2.61. The largest absolute Gasteiger partial charge is 0.303 e. The van der Waals surface area contributed by atoms with E-state index in [9.17, 15) is 8.42 Å². The molecule has 0 bridgehead atoms. The van der Waals surface area contributed by atoms with E-state index in [1.807, 2.05) is 19.0 Å². The van der Waals surface area contributed by atoms with E-state index in [0.717, 1.165) is 12.8 Å². The molecule has 0 aromatic heterocycles. The van der Waals surface area contributed by atoms with Crippen molar-refractivity contribution < 1.29 is 8.42 Å². The molecule has 0 atom stereocenters. The first-order chi connectivity index (χ1) is 4.86. The van der Waals surface area contributed by atoms with Crippen molar-refractivity contribution in [3.63, 3.8) is 0 Å². The molecule has 3 nitrogen and oxygen atoms in total. The molecule has 1 saturated carbocycles. The number of hydrogen-bond acceptors (Lipinski definition) is 3. The topological polar surface area (TPSA) is 37.4 Å². The van der Waals surface area contributed by atoms with E-state index in [1.165, 1.54) is 0 Å². The van der Waals surface area contributed by atoms with E-state index < -0.39 is 9.05 Å². The van der Waals surface area contributed by atoms with Crippen molar-refractivity contribution in [2.24, 2.45) is 0 Å². The van der Waals surface area contributed by atoms with Gasteiger partial charge in [-0.1, -0.05) is 0 Å². The third-order valence-corrected chi connectivity index (χ3v) is 3.43. The van der Waals surface area contributed by atoms with Crippen molar-refractivity contribution in [2.45, 2.75) is 18.4 Å². The van der Waals surface area contributed by atoms with Crippen molar-refractivity contribution in [2.75, 3.05) is 19.8 Å². The van der Waals surface area contributed by atoms with Crippen molar-refractivity contribution in [1.29, 1.82) is 0 Å². The molecule has 66 valence electrons. The average molecular weight is 198 g/mol. The SMILES string of the molecule is CN(C)C1(CS(=O)(=O)Cl)CC1. The predicted molar refractivity (Wildman–Crippen MR) is 45.3 cm³/mol. The maximum Gasteiger partial charge on any atom is 0.234 e. The fourth-order valence-electron chi connectivity index (χ4n) is 1.19. The Hall–Kier alpha value is 0.200. The highest BCUT2D eigenvalue weighted by Crippen LogP contribution is 2.41. The summed E-state index contributed by atoms with van der Waals surface area (Å²) in [5.41, 5.74) is -0.152. The van der Waals surface area contributed by atoms with Gasteiger partial charge in [0.2, 0.25) is 9.05 Å². The lowest BCUT2D eigenvalue weighted by Crippen LogP contribution is -2.35. The van der Waals surface area contributed by atoms with Gasteiger partial charge >= 0.3 is 0 Å². The van der Waals surface area contributed by atoms with Gasteiger partial charge in [0.25, 0.3) is 0 Å². The molecule has 0 spiro atoms. The van der Waals surface area contributed by atoms with E-state index in [4.69, 9.17) is 10.7 Å². The molecule has 0 saturated heterocycles. The lowest BCUT2D eigenvalue weighted by atomic mass is 10.3. The Morgan fingerprint density at radius 3 is 2.00 bits per heavy atom. The van der Waals surface area contributed by atoms with Gasteiger partial charge in [0.1, 0.15) is 0 Å². The summed E-state index contributed by atoms with van der Waals surface area (Å²) in [6.45, 7) is 0. The lowest BCUT2D eigenvalue weighted by molar-refractivity contribution is 0.296. The van der Waals surface area contributed by atoms with E-state index in [1.54, 1.807) is 0 Å². The molecule has 1 aliphatic carbocycles. The number of hydrogen-bond donors (Lipinski definition) is 0. The molecule has 0 N–H and O–H groups in total. The van der Waals surface area contributed by atoms with Gasteiger partial charge in [-0.3, -0.25) is 0 Å². The summed E-state index contributed by atoms with van der Waals surface area (Å²) in [4.78, 5) is 1.94. The Kier molecular flexibility index (Phi) is 2.20. The molecule has 1 rings (SSSR count). The van der Waals surface area contributed by atoms with Crippen LogP contribution in [0.2, 0.25) is 0 Å². The first-order valence-electron chi connectivity index (χ1n) is 3.46. The molecule has 5 heteroatoms. The molecule has 1 fully saturated rings. The zero-order valence-electron chi connectivity index (χ0n) is 6.67. The van der Waals surface area contributed by atoms with Gasteiger partial charge in [-0.15, -0.1) is 0 Å². The van der Waals surface area contributed by atoms with Crippen LogP contribution < -0.4 is 0 Å². The maximum absolute atomic E-state index is 10.7. The monoisotopic (exact) mass is 197 g/mol. The normalized spacial score (nSPS) is 22.2. The standard InChI is InChI=1S/C6H12ClNO2S/c1-8(2)6(3-4-6)5-11(7,9)10/h3-5H2,1-2H3. The zero-order chi connectivity index (χ0) is 8.70. The zero-order valence-corrected chi connectivity index (χ0v) is 8.24. The molecular weight excluding hydrogens is 186 g/mol. The van der Waals surface area contributed by atoms with Gasteiger partial charge in [0.15, 0.2) is 0 Å². The van der Waals surface area contributed by atoms with Crippen molar-refractivity contribution >= 4 is 19.7 Å². The number of nitrogens with zero attached hydrogens (tertiary/aromatic N) is 1. The van der Waals surface area contributed by atoms with Crippen LogP contribution in [0.5, 0.6) is 0 Å². The van der Waals surface area contributed by atoms with E-state index in [2.05, 4.69) is 0 Å². The molecule has 0 heterocycles. The summed E-state index contributed by atoms with van der Waals surface area (Å²) in [6.07, 6.45) is 1.87. The molecule has 0 aliphatic heterocycles. The third-order valence-electron chi connectivity index (χ3n) is 2.22. The molecule has 0 amide bonds. The number of rotatable bonds is 3. The summed E-state index contributed by atoms with van der Waals surface area (Å²) >= 11 is 0. The summed E-state index contributed by atoms with van der Waals surface area (Å²) < 4.78 is 21.5. The van der Waals surface area contributed by atoms with Crippen LogP contribution in [0.15, 0.2) is 0 Å². The van der Waals surface area contributed by atoms with E-state index in [0.29, 0.717) is 0 Å². The maximum atomic E-state index is 10.7. The van der Waals surface area contributed by atoms with Crippen LogP contribution in [0.3, 0.4) is 0 Å². The Bertz CT molecular complexity index is 243. The molecule has 0 unspecified atom stereocenters. The smallest absolute Gasteiger partial charge is 0.234 e. The second-order valence-electron chi connectivity index (χ2n) is 3.30. The molecule has 1 aliphatic rings. The van der Waals surface area contributed by atoms with Crippen molar-refractivity contribution in [1.82, 2.24) is 4.90 Å². The summed E-state index contributed by atoms with van der Waals surface area (Å²) in [6, 6.07) is 0. The van der Waals surface area contributed by atoms with E-state index >= 15 is 0 Å². The summed E-state index contributed by atoms with van der Waals surface area (Å²) in [5.74, 6) is 0.0779. The summed E-state index contributed by atoms with van der Waals surface area (Å²) in [5, 5.41) is 0. The first-order valence-corrected chi connectivity index (χ1v) is 5.93. The highest BCUT2D eigenvalue weighted by Gasteiger charge is 2.47. The van der Waals surface area contributed by atoms with Crippen LogP contribution in [-0.2, 0) is 9.05 Å². The fraction of sp³-hybridized carbons (Fsp3) is 1.00. The molecule has 0 aromatic carbocycles. The van der Waals surface area contributed by atoms with Crippen LogP contribution in [-0.4, -0.2) is 38.7 Å². The van der Waals surface area contributed by atoms with Gasteiger partial charge in [-0.2, -0.15) is 0 Å². The Morgan fingerprint density at radius 2 is 1.91 bits per heavy atom. The Labute approximate surface area is 71.8 Å². The first kappa shape index (κ1) is 9.29. The minimum atomic E-state index is -3.33. The van der Waals surface area contributed by atoms with Crippen LogP contribution in [0, 0.1) is 0 Å². The van der Waals surface area contributed by atoms with Gasteiger partial charge in [-0.25, -0.2) is 8.42 Å². The predicted octanol–water partition coefficient (Wildman–Crippen LogP) is 0.649. The highest BCUT2D eigenvalue weighted by molar-refractivity contribution is 8.13.